The normalized spacial score (nSPS) is 31.9. The fraction of sp³-hybridized carbons (Fsp3) is 0.920. The molecule has 0 aromatic rings. The van der Waals surface area contributed by atoms with Gasteiger partial charge in [0.05, 0.1) is 5.25 Å². The zero-order valence-electron chi connectivity index (χ0n) is 19.8. The van der Waals surface area contributed by atoms with E-state index in [-0.39, 0.29) is 28.9 Å². The molecule has 182 valence electrons. The molecule has 4 aliphatic carbocycles. The van der Waals surface area contributed by atoms with E-state index < -0.39 is 9.84 Å². The van der Waals surface area contributed by atoms with Crippen LogP contribution in [0.2, 0.25) is 0 Å². The summed E-state index contributed by atoms with van der Waals surface area (Å²) >= 11 is 0. The summed E-state index contributed by atoms with van der Waals surface area (Å²) in [5.74, 6) is 1.15. The van der Waals surface area contributed by atoms with E-state index in [1.54, 1.807) is 6.92 Å². The number of hydrogen-bond donors (Lipinski definition) is 1. The van der Waals surface area contributed by atoms with Gasteiger partial charge in [-0.3, -0.25) is 9.59 Å². The SMILES string of the molecule is CCS(=O)(=O)C1CCC(CC(=O)NC2CCC(C(=O)N(C3CCC3)C3CCC3)CC2)CC1. The molecule has 0 aromatic carbocycles. The van der Waals surface area contributed by atoms with Crippen LogP contribution < -0.4 is 5.32 Å². The van der Waals surface area contributed by atoms with Crippen LogP contribution in [-0.4, -0.2) is 54.3 Å². The van der Waals surface area contributed by atoms with Gasteiger partial charge in [0.15, 0.2) is 9.84 Å². The fourth-order valence-electron chi connectivity index (χ4n) is 6.16. The van der Waals surface area contributed by atoms with Gasteiger partial charge in [-0.25, -0.2) is 8.42 Å². The molecule has 0 bridgehead atoms. The first-order valence-electron chi connectivity index (χ1n) is 13.2. The first-order valence-corrected chi connectivity index (χ1v) is 14.9. The van der Waals surface area contributed by atoms with Gasteiger partial charge >= 0.3 is 0 Å². The lowest BCUT2D eigenvalue weighted by atomic mass is 9.80. The van der Waals surface area contributed by atoms with Crippen molar-refractivity contribution >= 4 is 21.7 Å². The van der Waals surface area contributed by atoms with Crippen molar-refractivity contribution in [1.29, 1.82) is 0 Å². The van der Waals surface area contributed by atoms with E-state index in [2.05, 4.69) is 10.2 Å². The van der Waals surface area contributed by atoms with Crippen LogP contribution in [0.1, 0.15) is 103 Å². The van der Waals surface area contributed by atoms with Gasteiger partial charge in [0, 0.05) is 36.2 Å². The summed E-state index contributed by atoms with van der Waals surface area (Å²) in [6, 6.07) is 1.17. The highest BCUT2D eigenvalue weighted by Gasteiger charge is 2.40. The topological polar surface area (TPSA) is 83.5 Å². The van der Waals surface area contributed by atoms with Gasteiger partial charge in [-0.05, 0) is 95.8 Å². The number of rotatable bonds is 8. The molecule has 0 radical (unpaired) electrons. The minimum atomic E-state index is -2.95. The van der Waals surface area contributed by atoms with Gasteiger partial charge in [0.2, 0.25) is 11.8 Å². The number of carbonyl (C=O) groups excluding carboxylic acids is 2. The Labute approximate surface area is 194 Å². The molecule has 4 aliphatic rings. The maximum atomic E-state index is 13.3. The van der Waals surface area contributed by atoms with Crippen LogP contribution in [0.3, 0.4) is 0 Å². The first-order chi connectivity index (χ1) is 15.4. The van der Waals surface area contributed by atoms with Gasteiger partial charge < -0.3 is 10.2 Å². The standard InChI is InChI=1S/C25H42N2O4S/c1-2-32(30,31)23-15-9-18(10-16-23)17-24(28)26-20-13-11-19(12-14-20)25(29)27(21-5-3-6-21)22-7-4-8-22/h18-23H,2-17H2,1H3,(H,26,28). The van der Waals surface area contributed by atoms with Crippen molar-refractivity contribution in [3.05, 3.63) is 0 Å². The van der Waals surface area contributed by atoms with Crippen molar-refractivity contribution in [3.63, 3.8) is 0 Å². The molecule has 6 nitrogen and oxygen atoms in total. The van der Waals surface area contributed by atoms with Crippen molar-refractivity contribution in [1.82, 2.24) is 10.2 Å². The van der Waals surface area contributed by atoms with Crippen LogP contribution in [0.4, 0.5) is 0 Å². The molecule has 32 heavy (non-hydrogen) atoms. The number of carbonyl (C=O) groups is 2. The van der Waals surface area contributed by atoms with E-state index in [4.69, 9.17) is 0 Å². The van der Waals surface area contributed by atoms with Crippen molar-refractivity contribution in [2.24, 2.45) is 11.8 Å². The van der Waals surface area contributed by atoms with E-state index in [9.17, 15) is 18.0 Å². The third-order valence-electron chi connectivity index (χ3n) is 8.81. The van der Waals surface area contributed by atoms with Crippen molar-refractivity contribution in [3.8, 4) is 0 Å². The van der Waals surface area contributed by atoms with Crippen LogP contribution in [0.5, 0.6) is 0 Å². The van der Waals surface area contributed by atoms with E-state index in [0.717, 1.165) is 38.5 Å². The predicted molar refractivity (Wildman–Crippen MR) is 126 cm³/mol. The Kier molecular flexibility index (Phi) is 7.84. The zero-order chi connectivity index (χ0) is 22.7. The summed E-state index contributed by atoms with van der Waals surface area (Å²) in [6.07, 6.45) is 14.4. The number of nitrogens with one attached hydrogen (secondary N) is 1. The van der Waals surface area contributed by atoms with Crippen LogP contribution in [-0.2, 0) is 19.4 Å². The van der Waals surface area contributed by atoms with Gasteiger partial charge in [0.25, 0.3) is 0 Å². The van der Waals surface area contributed by atoms with Crippen LogP contribution in [0.25, 0.3) is 0 Å². The van der Waals surface area contributed by atoms with Crippen molar-refractivity contribution in [2.45, 2.75) is 127 Å². The monoisotopic (exact) mass is 466 g/mol. The molecule has 0 spiro atoms. The average molecular weight is 467 g/mol. The van der Waals surface area contributed by atoms with E-state index >= 15 is 0 Å². The maximum Gasteiger partial charge on any atom is 0.226 e. The van der Waals surface area contributed by atoms with Crippen LogP contribution in [0, 0.1) is 11.8 Å². The Balaban J connectivity index is 1.18. The molecule has 4 fully saturated rings. The summed E-state index contributed by atoms with van der Waals surface area (Å²) < 4.78 is 24.1. The van der Waals surface area contributed by atoms with Crippen molar-refractivity contribution in [2.75, 3.05) is 5.75 Å². The molecule has 0 aliphatic heterocycles. The largest absolute Gasteiger partial charge is 0.353 e. The second kappa shape index (κ2) is 10.4. The summed E-state index contributed by atoms with van der Waals surface area (Å²) in [6.45, 7) is 1.72. The third kappa shape index (κ3) is 5.51. The van der Waals surface area contributed by atoms with E-state index in [1.165, 1.54) is 38.5 Å². The second-order valence-electron chi connectivity index (χ2n) is 10.8. The molecule has 1 N–H and O–H groups in total. The second-order valence-corrected chi connectivity index (χ2v) is 13.4. The highest BCUT2D eigenvalue weighted by Crippen LogP contribution is 2.37. The number of nitrogens with zero attached hydrogens (tertiary/aromatic N) is 1. The zero-order valence-corrected chi connectivity index (χ0v) is 20.6. The van der Waals surface area contributed by atoms with Gasteiger partial charge in [-0.2, -0.15) is 0 Å². The average Bonchev–Trinajstić information content (AvgIpc) is 2.71. The lowest BCUT2D eigenvalue weighted by molar-refractivity contribution is -0.146. The fourth-order valence-corrected chi connectivity index (χ4v) is 7.62. The summed E-state index contributed by atoms with van der Waals surface area (Å²) in [7, 11) is -2.95. The van der Waals surface area contributed by atoms with Gasteiger partial charge in [-0.15, -0.1) is 0 Å². The summed E-state index contributed by atoms with van der Waals surface area (Å²) in [5.41, 5.74) is 0. The first kappa shape index (κ1) is 24.0. The lowest BCUT2D eigenvalue weighted by Gasteiger charge is -2.48. The Morgan fingerprint density at radius 2 is 1.38 bits per heavy atom. The number of hydrogen-bond acceptors (Lipinski definition) is 4. The Morgan fingerprint density at radius 1 is 0.812 bits per heavy atom. The summed E-state index contributed by atoms with van der Waals surface area (Å²) in [4.78, 5) is 28.1. The van der Waals surface area contributed by atoms with Gasteiger partial charge in [0.1, 0.15) is 0 Å². The predicted octanol–water partition coefficient (Wildman–Crippen LogP) is 3.98. The molecular formula is C25H42N2O4S. The molecule has 0 aromatic heterocycles. The minimum Gasteiger partial charge on any atom is -0.353 e. The molecule has 2 amide bonds. The van der Waals surface area contributed by atoms with E-state index in [1.807, 2.05) is 0 Å². The van der Waals surface area contributed by atoms with Crippen LogP contribution >= 0.6 is 0 Å². The molecule has 7 heteroatoms. The number of amides is 2. The molecule has 0 saturated heterocycles. The van der Waals surface area contributed by atoms with E-state index in [0.29, 0.717) is 43.2 Å². The highest BCUT2D eigenvalue weighted by atomic mass is 32.2. The van der Waals surface area contributed by atoms with Crippen molar-refractivity contribution < 1.29 is 18.0 Å². The minimum absolute atomic E-state index is 0.104. The molecule has 0 atom stereocenters. The molecule has 4 rings (SSSR count). The smallest absolute Gasteiger partial charge is 0.226 e. The quantitative estimate of drug-likeness (QED) is 0.586. The Hall–Kier alpha value is -1.11. The van der Waals surface area contributed by atoms with Crippen LogP contribution in [0.15, 0.2) is 0 Å². The molecular weight excluding hydrogens is 424 g/mol. The molecule has 4 saturated carbocycles. The Bertz CT molecular complexity index is 745. The third-order valence-corrected chi connectivity index (χ3v) is 11.1. The number of sulfone groups is 1. The Morgan fingerprint density at radius 3 is 1.84 bits per heavy atom. The maximum absolute atomic E-state index is 13.3. The highest BCUT2D eigenvalue weighted by molar-refractivity contribution is 7.92. The van der Waals surface area contributed by atoms with Gasteiger partial charge in [-0.1, -0.05) is 6.92 Å². The lowest BCUT2D eigenvalue weighted by Crippen LogP contribution is -2.55. The molecule has 0 heterocycles. The molecule has 0 unspecified atom stereocenters. The summed E-state index contributed by atoms with van der Waals surface area (Å²) in [5, 5.41) is 3.01.